The summed E-state index contributed by atoms with van der Waals surface area (Å²) >= 11 is 0. The lowest BCUT2D eigenvalue weighted by Crippen LogP contribution is -2.61. The van der Waals surface area contributed by atoms with Crippen molar-refractivity contribution in [1.82, 2.24) is 9.88 Å². The molecule has 0 bridgehead atoms. The Labute approximate surface area is 259 Å². The number of rotatable bonds is 8. The van der Waals surface area contributed by atoms with Crippen molar-refractivity contribution in [3.63, 3.8) is 0 Å². The molecule has 3 aromatic carbocycles. The molecular weight excluding hydrogens is 613 g/mol. The van der Waals surface area contributed by atoms with E-state index in [9.17, 15) is 31.9 Å². The number of hydrogen-bond acceptors (Lipinski definition) is 6. The number of nitrogens with zero attached hydrogens (tertiary/aromatic N) is 3. The summed E-state index contributed by atoms with van der Waals surface area (Å²) in [7, 11) is 0. The van der Waals surface area contributed by atoms with E-state index in [1.807, 2.05) is 0 Å². The zero-order chi connectivity index (χ0) is 33.2. The van der Waals surface area contributed by atoms with E-state index in [4.69, 9.17) is 4.74 Å². The number of ether oxygens (including phenoxy) is 1. The van der Waals surface area contributed by atoms with Crippen molar-refractivity contribution in [2.24, 2.45) is 5.92 Å². The monoisotopic (exact) mass is 639 g/mol. The fourth-order valence-electron chi connectivity index (χ4n) is 4.64. The Hall–Kier alpha value is -5.53. The third-order valence-corrected chi connectivity index (χ3v) is 7.00. The van der Waals surface area contributed by atoms with Gasteiger partial charge in [0.25, 0.3) is 0 Å². The van der Waals surface area contributed by atoms with Gasteiger partial charge in [0.05, 0.1) is 11.3 Å². The molecule has 4 aromatic rings. The third kappa shape index (κ3) is 7.06. The molecule has 238 valence electrons. The first-order chi connectivity index (χ1) is 21.8. The lowest BCUT2D eigenvalue weighted by molar-refractivity contribution is -0.137. The van der Waals surface area contributed by atoms with Gasteiger partial charge in [0.1, 0.15) is 23.3 Å². The van der Waals surface area contributed by atoms with Crippen LogP contribution in [0.5, 0.6) is 11.5 Å². The summed E-state index contributed by atoms with van der Waals surface area (Å²) in [5, 5.41) is 5.35. The van der Waals surface area contributed by atoms with Gasteiger partial charge in [-0.15, -0.1) is 0 Å². The highest BCUT2D eigenvalue weighted by molar-refractivity contribution is 6.23. The van der Waals surface area contributed by atoms with Gasteiger partial charge in [-0.05, 0) is 80.6 Å². The molecule has 0 aliphatic carbocycles. The molecule has 5 rings (SSSR count). The van der Waals surface area contributed by atoms with Crippen LogP contribution in [0.2, 0.25) is 0 Å². The van der Waals surface area contributed by atoms with E-state index in [2.05, 4.69) is 15.6 Å². The van der Waals surface area contributed by atoms with E-state index in [0.29, 0.717) is 5.69 Å². The molecule has 2 N–H and O–H groups in total. The number of pyridine rings is 1. The minimum Gasteiger partial charge on any atom is -0.454 e. The number of halogens is 5. The predicted molar refractivity (Wildman–Crippen MR) is 159 cm³/mol. The van der Waals surface area contributed by atoms with Crippen LogP contribution in [0.4, 0.5) is 49.6 Å². The van der Waals surface area contributed by atoms with Crippen LogP contribution in [0.3, 0.4) is 0 Å². The van der Waals surface area contributed by atoms with E-state index in [0.717, 1.165) is 35.2 Å². The standard InChI is InChI=1S/C32H26F5N5O4/c1-18(2)41-17-25(30(44)42(31(41)45)23-10-5-20(33)6-11-23)29(43)40-22-9-12-27(26(34)15-22)46-24-13-14-38-28(16-24)39-21-7-3-19(4-8-21)32(35,36)37/h3-16,18,25H,17H2,1-2H3,(H,38,39)(H,40,43). The summed E-state index contributed by atoms with van der Waals surface area (Å²) in [4.78, 5) is 45.9. The van der Waals surface area contributed by atoms with Gasteiger partial charge >= 0.3 is 12.2 Å². The van der Waals surface area contributed by atoms with Crippen molar-refractivity contribution in [2.75, 3.05) is 22.1 Å². The van der Waals surface area contributed by atoms with Crippen molar-refractivity contribution in [3.05, 3.63) is 102 Å². The highest BCUT2D eigenvalue weighted by Crippen LogP contribution is 2.32. The number of carbonyl (C=O) groups is 3. The molecule has 1 aliphatic heterocycles. The average molecular weight is 640 g/mol. The molecule has 2 heterocycles. The minimum atomic E-state index is -4.47. The SMILES string of the molecule is CC(C)N1CC(C(=O)Nc2ccc(Oc3ccnc(Nc4ccc(C(F)(F)F)cc4)c3)c(F)c2)C(=O)N(c2ccc(F)cc2)C1=O. The van der Waals surface area contributed by atoms with Gasteiger partial charge in [-0.3, -0.25) is 9.59 Å². The van der Waals surface area contributed by atoms with Gasteiger partial charge < -0.3 is 20.3 Å². The van der Waals surface area contributed by atoms with E-state index in [-0.39, 0.29) is 41.3 Å². The summed E-state index contributed by atoms with van der Waals surface area (Å²) in [5.74, 6) is -4.18. The molecule has 1 atom stereocenters. The van der Waals surface area contributed by atoms with Crippen LogP contribution in [0.1, 0.15) is 19.4 Å². The first-order valence-electron chi connectivity index (χ1n) is 13.9. The van der Waals surface area contributed by atoms with E-state index in [1.165, 1.54) is 59.6 Å². The van der Waals surface area contributed by atoms with Gasteiger partial charge in [0, 0.05) is 42.3 Å². The van der Waals surface area contributed by atoms with Crippen LogP contribution >= 0.6 is 0 Å². The second kappa shape index (κ2) is 12.8. The van der Waals surface area contributed by atoms with Crippen LogP contribution in [-0.2, 0) is 15.8 Å². The summed E-state index contributed by atoms with van der Waals surface area (Å²) in [6.07, 6.45) is -3.11. The number of imide groups is 1. The molecule has 0 radical (unpaired) electrons. The third-order valence-electron chi connectivity index (χ3n) is 7.00. The molecule has 1 fully saturated rings. The maximum Gasteiger partial charge on any atom is 0.416 e. The Morgan fingerprint density at radius 3 is 2.24 bits per heavy atom. The summed E-state index contributed by atoms with van der Waals surface area (Å²) in [6, 6.07) is 14.5. The molecule has 1 aliphatic rings. The number of carbonyl (C=O) groups excluding carboxylic acids is 3. The molecule has 46 heavy (non-hydrogen) atoms. The molecule has 1 saturated heterocycles. The van der Waals surface area contributed by atoms with Crippen LogP contribution in [0, 0.1) is 17.6 Å². The largest absolute Gasteiger partial charge is 0.454 e. The van der Waals surface area contributed by atoms with Crippen molar-refractivity contribution in [3.8, 4) is 11.5 Å². The van der Waals surface area contributed by atoms with Gasteiger partial charge in [0.15, 0.2) is 11.6 Å². The van der Waals surface area contributed by atoms with Crippen LogP contribution in [0.25, 0.3) is 0 Å². The van der Waals surface area contributed by atoms with E-state index in [1.54, 1.807) is 13.8 Å². The highest BCUT2D eigenvalue weighted by atomic mass is 19.4. The Kier molecular flexibility index (Phi) is 8.89. The van der Waals surface area contributed by atoms with Crippen molar-refractivity contribution in [1.29, 1.82) is 0 Å². The summed E-state index contributed by atoms with van der Waals surface area (Å²) in [5.41, 5.74) is -0.352. The summed E-state index contributed by atoms with van der Waals surface area (Å²) in [6.45, 7) is 3.22. The molecule has 1 unspecified atom stereocenters. The molecule has 1 aromatic heterocycles. The van der Waals surface area contributed by atoms with Gasteiger partial charge in [-0.1, -0.05) is 0 Å². The number of aromatic nitrogens is 1. The number of urea groups is 1. The molecule has 14 heteroatoms. The van der Waals surface area contributed by atoms with Crippen molar-refractivity contribution < 1.29 is 41.1 Å². The second-order valence-electron chi connectivity index (χ2n) is 10.5. The first-order valence-corrected chi connectivity index (χ1v) is 13.9. The minimum absolute atomic E-state index is 0.0170. The Bertz CT molecular complexity index is 1760. The lowest BCUT2D eigenvalue weighted by Gasteiger charge is -2.39. The lowest BCUT2D eigenvalue weighted by atomic mass is 10.0. The average Bonchev–Trinajstić information content (AvgIpc) is 2.99. The Balaban J connectivity index is 1.27. The van der Waals surface area contributed by atoms with Crippen LogP contribution in [0.15, 0.2) is 85.1 Å². The number of anilines is 4. The quantitative estimate of drug-likeness (QED) is 0.154. The number of nitrogens with one attached hydrogen (secondary N) is 2. The number of hydrogen-bond donors (Lipinski definition) is 2. The van der Waals surface area contributed by atoms with Gasteiger partial charge in [-0.25, -0.2) is 23.5 Å². The fraction of sp³-hybridized carbons (Fsp3) is 0.188. The van der Waals surface area contributed by atoms with Crippen LogP contribution in [-0.4, -0.2) is 40.3 Å². The molecule has 9 nitrogen and oxygen atoms in total. The molecule has 0 spiro atoms. The van der Waals surface area contributed by atoms with Crippen molar-refractivity contribution >= 4 is 40.7 Å². The first kappa shape index (κ1) is 31.9. The highest BCUT2D eigenvalue weighted by Gasteiger charge is 2.44. The predicted octanol–water partition coefficient (Wildman–Crippen LogP) is 7.35. The Morgan fingerprint density at radius 2 is 1.61 bits per heavy atom. The fourth-order valence-corrected chi connectivity index (χ4v) is 4.64. The van der Waals surface area contributed by atoms with E-state index < -0.39 is 47.1 Å². The van der Waals surface area contributed by atoms with Crippen molar-refractivity contribution in [2.45, 2.75) is 26.1 Å². The van der Waals surface area contributed by atoms with Gasteiger partial charge in [-0.2, -0.15) is 13.2 Å². The summed E-state index contributed by atoms with van der Waals surface area (Å²) < 4.78 is 72.6. The maximum absolute atomic E-state index is 15.1. The van der Waals surface area contributed by atoms with E-state index >= 15 is 4.39 Å². The molecular formula is C32H26F5N5O4. The number of alkyl halides is 3. The van der Waals surface area contributed by atoms with Gasteiger partial charge in [0.2, 0.25) is 11.8 Å². The zero-order valence-electron chi connectivity index (χ0n) is 24.3. The number of benzene rings is 3. The molecule has 4 amide bonds. The maximum atomic E-state index is 15.1. The normalized spacial score (nSPS) is 15.3. The molecule has 0 saturated carbocycles. The van der Waals surface area contributed by atoms with Crippen LogP contribution < -0.4 is 20.3 Å². The topological polar surface area (TPSA) is 104 Å². The number of amides is 4. The smallest absolute Gasteiger partial charge is 0.416 e. The Morgan fingerprint density at radius 1 is 0.935 bits per heavy atom. The zero-order valence-corrected chi connectivity index (χ0v) is 24.3. The second-order valence-corrected chi connectivity index (χ2v) is 10.5.